The van der Waals surface area contributed by atoms with Crippen LogP contribution in [0.2, 0.25) is 0 Å². The van der Waals surface area contributed by atoms with Gasteiger partial charge in [0.25, 0.3) is 0 Å². The van der Waals surface area contributed by atoms with Crippen LogP contribution >= 0.6 is 0 Å². The molecule has 0 bridgehead atoms. The van der Waals surface area contributed by atoms with Gasteiger partial charge in [0.1, 0.15) is 17.8 Å². The zero-order chi connectivity index (χ0) is 20.6. The molecule has 29 heavy (non-hydrogen) atoms. The summed E-state index contributed by atoms with van der Waals surface area (Å²) in [6.07, 6.45) is 4.35. The Morgan fingerprint density at radius 2 is 2.03 bits per heavy atom. The van der Waals surface area contributed by atoms with Crippen LogP contribution in [0.1, 0.15) is 42.3 Å². The Morgan fingerprint density at radius 1 is 1.24 bits per heavy atom. The van der Waals surface area contributed by atoms with Crippen LogP contribution in [0.4, 0.5) is 8.78 Å². The summed E-state index contributed by atoms with van der Waals surface area (Å²) in [4.78, 5) is 16.0. The van der Waals surface area contributed by atoms with Crippen LogP contribution in [0.15, 0.2) is 48.5 Å². The first kappa shape index (κ1) is 19.5. The fraction of sp³-hybridized carbons (Fsp3) is 0.292. The average Bonchev–Trinajstić information content (AvgIpc) is 3.04. The summed E-state index contributed by atoms with van der Waals surface area (Å²) in [5.74, 6) is -0.365. The average molecular weight is 394 g/mol. The number of benzene rings is 2. The van der Waals surface area contributed by atoms with Gasteiger partial charge in [-0.2, -0.15) is 0 Å². The van der Waals surface area contributed by atoms with Crippen molar-refractivity contribution in [2.24, 2.45) is 0 Å². The van der Waals surface area contributed by atoms with Crippen LogP contribution in [-0.4, -0.2) is 34.9 Å². The molecule has 5 heteroatoms. The highest BCUT2D eigenvalue weighted by Gasteiger charge is 2.36. The maximum Gasteiger partial charge on any atom is 0.142 e. The third kappa shape index (κ3) is 3.87. The number of nitrogens with one attached hydrogen (secondary N) is 1. The Hall–Kier alpha value is -2.79. The molecular weight excluding hydrogens is 370 g/mol. The fourth-order valence-electron chi connectivity index (χ4n) is 4.32. The van der Waals surface area contributed by atoms with Gasteiger partial charge in [0.15, 0.2) is 0 Å². The molecule has 0 fully saturated rings. The number of aromatic amines is 1. The molecule has 1 aliphatic rings. The van der Waals surface area contributed by atoms with Crippen molar-refractivity contribution in [3.63, 3.8) is 0 Å². The zero-order valence-electron chi connectivity index (χ0n) is 16.6. The van der Waals surface area contributed by atoms with E-state index >= 15 is 4.39 Å². The molecule has 0 spiro atoms. The smallest absolute Gasteiger partial charge is 0.142 e. The van der Waals surface area contributed by atoms with Crippen molar-refractivity contribution in [3.05, 3.63) is 76.7 Å². The second kappa shape index (κ2) is 7.56. The van der Waals surface area contributed by atoms with Gasteiger partial charge in [0.2, 0.25) is 0 Å². The van der Waals surface area contributed by atoms with Crippen molar-refractivity contribution >= 4 is 23.3 Å². The molecule has 3 aromatic rings. The van der Waals surface area contributed by atoms with E-state index in [4.69, 9.17) is 0 Å². The number of hydrogen-bond acceptors (Lipinski definition) is 2. The molecular formula is C24H24F2N2O. The number of carbonyl (C=O) groups excluding carboxylic acids is 1. The van der Waals surface area contributed by atoms with E-state index in [0.717, 1.165) is 23.0 Å². The predicted octanol–water partition coefficient (Wildman–Crippen LogP) is 5.21. The summed E-state index contributed by atoms with van der Waals surface area (Å²) in [7, 11) is 0. The summed E-state index contributed by atoms with van der Waals surface area (Å²) in [5, 5.41) is 1.14. The second-order valence-electron chi connectivity index (χ2n) is 8.18. The summed E-state index contributed by atoms with van der Waals surface area (Å²) >= 11 is 0. The van der Waals surface area contributed by atoms with Gasteiger partial charge in [-0.15, -0.1) is 0 Å². The van der Waals surface area contributed by atoms with Gasteiger partial charge in [-0.3, -0.25) is 9.69 Å². The number of para-hydroxylation sites is 1. The SMILES string of the molecule is CC(C)(F)CN1CCc2c([nH]c3ccccc23)C1c1ccc(/C=C/C=O)cc1F. The third-order valence-electron chi connectivity index (χ3n) is 5.40. The Morgan fingerprint density at radius 3 is 2.76 bits per heavy atom. The first-order valence-electron chi connectivity index (χ1n) is 9.81. The number of carbonyl (C=O) groups is 1. The monoisotopic (exact) mass is 394 g/mol. The van der Waals surface area contributed by atoms with Crippen molar-refractivity contribution in [1.82, 2.24) is 9.88 Å². The molecule has 0 saturated heterocycles. The number of halogens is 2. The molecule has 0 radical (unpaired) electrons. The number of alkyl halides is 1. The molecule has 150 valence electrons. The lowest BCUT2D eigenvalue weighted by Gasteiger charge is -2.38. The van der Waals surface area contributed by atoms with Crippen LogP contribution < -0.4 is 0 Å². The number of aldehydes is 1. The number of allylic oxidation sites excluding steroid dienone is 1. The van der Waals surface area contributed by atoms with E-state index in [1.807, 2.05) is 23.1 Å². The van der Waals surface area contributed by atoms with Crippen LogP contribution in [0.25, 0.3) is 17.0 Å². The Bertz CT molecular complexity index is 1080. The number of fused-ring (bicyclic) bond motifs is 3. The topological polar surface area (TPSA) is 36.1 Å². The minimum Gasteiger partial charge on any atom is -0.357 e. The molecule has 0 aliphatic carbocycles. The summed E-state index contributed by atoms with van der Waals surface area (Å²) in [6.45, 7) is 3.96. The maximum absolute atomic E-state index is 15.2. The zero-order valence-corrected chi connectivity index (χ0v) is 16.6. The van der Waals surface area contributed by atoms with Crippen LogP contribution in [0.5, 0.6) is 0 Å². The lowest BCUT2D eigenvalue weighted by Crippen LogP contribution is -2.43. The predicted molar refractivity (Wildman–Crippen MR) is 112 cm³/mol. The largest absolute Gasteiger partial charge is 0.357 e. The maximum atomic E-state index is 15.2. The molecule has 1 aliphatic heterocycles. The van der Waals surface area contributed by atoms with E-state index in [1.54, 1.807) is 32.1 Å². The standard InChI is InChI=1S/C24H24F2N2O/c1-24(2,26)15-28-12-11-18-17-7-3-4-8-21(17)27-22(18)23(28)19-10-9-16(6-5-13-29)14-20(19)25/h3-10,13-14,23,27H,11-12,15H2,1-2H3/b6-5+. The summed E-state index contributed by atoms with van der Waals surface area (Å²) in [5.41, 5.74) is 2.83. The van der Waals surface area contributed by atoms with Gasteiger partial charge in [-0.25, -0.2) is 8.78 Å². The summed E-state index contributed by atoms with van der Waals surface area (Å²) in [6, 6.07) is 12.6. The minimum absolute atomic E-state index is 0.207. The van der Waals surface area contributed by atoms with E-state index in [9.17, 15) is 9.18 Å². The van der Waals surface area contributed by atoms with E-state index in [2.05, 4.69) is 11.1 Å². The Balaban J connectivity index is 1.84. The number of aromatic nitrogens is 1. The number of rotatable bonds is 5. The van der Waals surface area contributed by atoms with E-state index < -0.39 is 11.7 Å². The lowest BCUT2D eigenvalue weighted by molar-refractivity contribution is -0.104. The highest BCUT2D eigenvalue weighted by molar-refractivity contribution is 5.85. The van der Waals surface area contributed by atoms with Gasteiger partial charge in [-0.05, 0) is 49.6 Å². The number of hydrogen-bond donors (Lipinski definition) is 1. The first-order valence-corrected chi connectivity index (χ1v) is 9.81. The minimum atomic E-state index is -1.40. The molecule has 2 heterocycles. The fourth-order valence-corrected chi connectivity index (χ4v) is 4.32. The van der Waals surface area contributed by atoms with Crippen molar-refractivity contribution in [2.45, 2.75) is 32.0 Å². The molecule has 3 nitrogen and oxygen atoms in total. The van der Waals surface area contributed by atoms with Gasteiger partial charge >= 0.3 is 0 Å². The quantitative estimate of drug-likeness (QED) is 0.476. The highest BCUT2D eigenvalue weighted by Crippen LogP contribution is 2.40. The normalized spacial score (nSPS) is 17.7. The molecule has 2 aromatic carbocycles. The Labute approximate surface area is 169 Å². The molecule has 1 atom stereocenters. The van der Waals surface area contributed by atoms with Gasteiger partial charge in [0, 0.05) is 35.2 Å². The van der Waals surface area contributed by atoms with Crippen LogP contribution in [0.3, 0.4) is 0 Å². The van der Waals surface area contributed by atoms with Crippen molar-refractivity contribution in [3.8, 4) is 0 Å². The van der Waals surface area contributed by atoms with E-state index in [0.29, 0.717) is 24.0 Å². The number of H-pyrrole nitrogens is 1. The van der Waals surface area contributed by atoms with Crippen LogP contribution in [-0.2, 0) is 11.2 Å². The lowest BCUT2D eigenvalue weighted by atomic mass is 9.90. The Kier molecular flexibility index (Phi) is 5.09. The molecule has 0 amide bonds. The molecule has 1 N–H and O–H groups in total. The summed E-state index contributed by atoms with van der Waals surface area (Å²) < 4.78 is 29.7. The molecule has 4 rings (SSSR count). The molecule has 1 unspecified atom stereocenters. The van der Waals surface area contributed by atoms with E-state index in [1.165, 1.54) is 17.7 Å². The molecule has 1 aromatic heterocycles. The van der Waals surface area contributed by atoms with Crippen molar-refractivity contribution in [2.75, 3.05) is 13.1 Å². The van der Waals surface area contributed by atoms with Crippen molar-refractivity contribution in [1.29, 1.82) is 0 Å². The second-order valence-corrected chi connectivity index (χ2v) is 8.18. The van der Waals surface area contributed by atoms with Gasteiger partial charge in [-0.1, -0.05) is 36.4 Å². The first-order chi connectivity index (χ1) is 13.9. The molecule has 0 saturated carbocycles. The van der Waals surface area contributed by atoms with Gasteiger partial charge < -0.3 is 4.98 Å². The number of nitrogens with zero attached hydrogens (tertiary/aromatic N) is 1. The van der Waals surface area contributed by atoms with Crippen molar-refractivity contribution < 1.29 is 13.6 Å². The van der Waals surface area contributed by atoms with E-state index in [-0.39, 0.29) is 12.4 Å². The highest BCUT2D eigenvalue weighted by atomic mass is 19.1. The van der Waals surface area contributed by atoms with Gasteiger partial charge in [0.05, 0.1) is 6.04 Å². The third-order valence-corrected chi connectivity index (χ3v) is 5.40. The van der Waals surface area contributed by atoms with Crippen LogP contribution in [0, 0.1) is 5.82 Å².